The lowest BCUT2D eigenvalue weighted by atomic mass is 10.1. The van der Waals surface area contributed by atoms with Crippen LogP contribution in [0.3, 0.4) is 0 Å². The van der Waals surface area contributed by atoms with Crippen molar-refractivity contribution in [1.82, 2.24) is 20.2 Å². The number of hydrogen-bond donors (Lipinski definition) is 2. The van der Waals surface area contributed by atoms with E-state index in [0.29, 0.717) is 21.7 Å². The van der Waals surface area contributed by atoms with Crippen molar-refractivity contribution in [3.05, 3.63) is 88.9 Å². The number of carbonyl (C=O) groups is 1. The monoisotopic (exact) mass is 491 g/mol. The molecule has 1 aromatic heterocycles. The summed E-state index contributed by atoms with van der Waals surface area (Å²) in [6.07, 6.45) is 0. The van der Waals surface area contributed by atoms with E-state index >= 15 is 0 Å². The summed E-state index contributed by atoms with van der Waals surface area (Å²) in [7, 11) is 0. The molecule has 0 spiro atoms. The number of hydrogen-bond acceptors (Lipinski definition) is 6. The number of aromatic hydroxyl groups is 1. The van der Waals surface area contributed by atoms with E-state index in [1.807, 2.05) is 47.9 Å². The molecule has 0 aliphatic rings. The third kappa shape index (κ3) is 5.65. The van der Waals surface area contributed by atoms with Crippen molar-refractivity contribution in [1.29, 1.82) is 0 Å². The van der Waals surface area contributed by atoms with E-state index in [0.717, 1.165) is 22.4 Å². The number of rotatable bonds is 7. The lowest BCUT2D eigenvalue weighted by molar-refractivity contribution is -0.118. The number of carbonyl (C=O) groups excluding carboxylic acids is 1. The summed E-state index contributed by atoms with van der Waals surface area (Å²) in [5.74, 6) is 0.670. The first kappa shape index (κ1) is 23.5. The highest BCUT2D eigenvalue weighted by molar-refractivity contribution is 7.99. The van der Waals surface area contributed by atoms with Crippen LogP contribution in [0.4, 0.5) is 0 Å². The zero-order chi connectivity index (χ0) is 24.1. The zero-order valence-electron chi connectivity index (χ0n) is 18.6. The van der Waals surface area contributed by atoms with Gasteiger partial charge in [-0.25, -0.2) is 5.43 Å². The SMILES string of the molecule is C/C(=N\NC(=O)CSc1nnc(-c2ccc(Cl)cc2)n1-c1ccc(C)cc1)c1ccc(O)cc1. The molecule has 0 unspecified atom stereocenters. The maximum Gasteiger partial charge on any atom is 0.250 e. The van der Waals surface area contributed by atoms with Gasteiger partial charge in [0.15, 0.2) is 11.0 Å². The Bertz CT molecular complexity index is 1320. The number of hydrazone groups is 1. The summed E-state index contributed by atoms with van der Waals surface area (Å²) in [6, 6.07) is 22.0. The molecule has 4 aromatic rings. The van der Waals surface area contributed by atoms with E-state index < -0.39 is 0 Å². The van der Waals surface area contributed by atoms with Gasteiger partial charge in [0.25, 0.3) is 5.91 Å². The van der Waals surface area contributed by atoms with Gasteiger partial charge in [0.1, 0.15) is 5.75 Å². The molecule has 1 heterocycles. The molecular formula is C25H22ClN5O2S. The molecule has 0 aliphatic carbocycles. The van der Waals surface area contributed by atoms with Crippen molar-refractivity contribution < 1.29 is 9.90 Å². The molecule has 3 aromatic carbocycles. The lowest BCUT2D eigenvalue weighted by Gasteiger charge is -2.11. The van der Waals surface area contributed by atoms with Crippen molar-refractivity contribution in [3.8, 4) is 22.8 Å². The number of benzene rings is 3. The zero-order valence-corrected chi connectivity index (χ0v) is 20.1. The summed E-state index contributed by atoms with van der Waals surface area (Å²) < 4.78 is 1.92. The van der Waals surface area contributed by atoms with Gasteiger partial charge >= 0.3 is 0 Å². The van der Waals surface area contributed by atoms with E-state index in [9.17, 15) is 9.90 Å². The number of nitrogens with zero attached hydrogens (tertiary/aromatic N) is 4. The lowest BCUT2D eigenvalue weighted by Crippen LogP contribution is -2.21. The fourth-order valence-corrected chi connectivity index (χ4v) is 4.02. The van der Waals surface area contributed by atoms with Crippen LogP contribution in [-0.4, -0.2) is 37.2 Å². The quantitative estimate of drug-likeness (QED) is 0.210. The Kier molecular flexibility index (Phi) is 7.30. The average Bonchev–Trinajstić information content (AvgIpc) is 3.26. The minimum Gasteiger partial charge on any atom is -0.508 e. The number of amides is 1. The maximum atomic E-state index is 12.5. The normalized spacial score (nSPS) is 11.4. The molecule has 0 saturated heterocycles. The molecule has 4 rings (SSSR count). The first-order valence-corrected chi connectivity index (χ1v) is 11.8. The second-order valence-electron chi connectivity index (χ2n) is 7.55. The number of nitrogens with one attached hydrogen (secondary N) is 1. The Morgan fingerprint density at radius 2 is 1.71 bits per heavy atom. The fourth-order valence-electron chi connectivity index (χ4n) is 3.15. The molecule has 0 bridgehead atoms. The van der Waals surface area contributed by atoms with Crippen LogP contribution in [0.15, 0.2) is 83.1 Å². The van der Waals surface area contributed by atoms with Crippen molar-refractivity contribution in [2.75, 3.05) is 5.75 Å². The fraction of sp³-hybridized carbons (Fsp3) is 0.120. The van der Waals surface area contributed by atoms with Crippen LogP contribution in [-0.2, 0) is 4.79 Å². The molecule has 172 valence electrons. The Morgan fingerprint density at radius 3 is 2.38 bits per heavy atom. The number of phenolic OH excluding ortho intramolecular Hbond substituents is 1. The summed E-state index contributed by atoms with van der Waals surface area (Å²) >= 11 is 7.32. The predicted octanol–water partition coefficient (Wildman–Crippen LogP) is 5.23. The van der Waals surface area contributed by atoms with Gasteiger partial charge in [0.2, 0.25) is 0 Å². The van der Waals surface area contributed by atoms with Crippen molar-refractivity contribution >= 4 is 35.0 Å². The van der Waals surface area contributed by atoms with Crippen LogP contribution in [0.5, 0.6) is 5.75 Å². The number of phenols is 1. The highest BCUT2D eigenvalue weighted by Crippen LogP contribution is 2.28. The van der Waals surface area contributed by atoms with Crippen LogP contribution < -0.4 is 5.43 Å². The molecule has 0 saturated carbocycles. The number of halogens is 1. The minimum atomic E-state index is -0.269. The predicted molar refractivity (Wildman–Crippen MR) is 136 cm³/mol. The van der Waals surface area contributed by atoms with E-state index in [1.165, 1.54) is 11.8 Å². The summed E-state index contributed by atoms with van der Waals surface area (Å²) in [5.41, 5.74) is 6.90. The van der Waals surface area contributed by atoms with Gasteiger partial charge in [-0.15, -0.1) is 10.2 Å². The van der Waals surface area contributed by atoms with Crippen LogP contribution in [0.1, 0.15) is 18.1 Å². The Balaban J connectivity index is 1.52. The minimum absolute atomic E-state index is 0.108. The molecule has 1 amide bonds. The molecular weight excluding hydrogens is 470 g/mol. The third-order valence-corrected chi connectivity index (χ3v) is 6.17. The van der Waals surface area contributed by atoms with E-state index in [4.69, 9.17) is 11.6 Å². The average molecular weight is 492 g/mol. The first-order chi connectivity index (χ1) is 16.4. The Labute approximate surface area is 206 Å². The second-order valence-corrected chi connectivity index (χ2v) is 8.93. The Morgan fingerprint density at radius 1 is 1.03 bits per heavy atom. The Hall–Kier alpha value is -3.62. The van der Waals surface area contributed by atoms with Crippen LogP contribution in [0, 0.1) is 6.92 Å². The van der Waals surface area contributed by atoms with Crippen LogP contribution >= 0.6 is 23.4 Å². The highest BCUT2D eigenvalue weighted by atomic mass is 35.5. The molecule has 0 fully saturated rings. The topological polar surface area (TPSA) is 92.4 Å². The molecule has 7 nitrogen and oxygen atoms in total. The summed E-state index contributed by atoms with van der Waals surface area (Å²) in [5, 5.41) is 23.5. The van der Waals surface area contributed by atoms with Gasteiger partial charge in [-0.1, -0.05) is 41.1 Å². The second kappa shape index (κ2) is 10.5. The molecule has 0 atom stereocenters. The van der Waals surface area contributed by atoms with Gasteiger partial charge in [0, 0.05) is 16.3 Å². The smallest absolute Gasteiger partial charge is 0.250 e. The number of aromatic nitrogens is 3. The highest BCUT2D eigenvalue weighted by Gasteiger charge is 2.17. The van der Waals surface area contributed by atoms with Gasteiger partial charge in [-0.2, -0.15) is 5.10 Å². The largest absolute Gasteiger partial charge is 0.508 e. The van der Waals surface area contributed by atoms with Crippen molar-refractivity contribution in [2.45, 2.75) is 19.0 Å². The van der Waals surface area contributed by atoms with E-state index in [2.05, 4.69) is 20.7 Å². The van der Waals surface area contributed by atoms with Crippen molar-refractivity contribution in [2.24, 2.45) is 5.10 Å². The number of aryl methyl sites for hydroxylation is 1. The third-order valence-electron chi connectivity index (χ3n) is 4.99. The molecule has 0 aliphatic heterocycles. The van der Waals surface area contributed by atoms with Gasteiger partial charge in [-0.3, -0.25) is 9.36 Å². The van der Waals surface area contributed by atoms with Gasteiger partial charge in [0.05, 0.1) is 11.5 Å². The molecule has 34 heavy (non-hydrogen) atoms. The first-order valence-electron chi connectivity index (χ1n) is 10.4. The maximum absolute atomic E-state index is 12.5. The van der Waals surface area contributed by atoms with Crippen LogP contribution in [0.25, 0.3) is 17.1 Å². The molecule has 2 N–H and O–H groups in total. The van der Waals surface area contributed by atoms with Gasteiger partial charge < -0.3 is 5.11 Å². The standard InChI is InChI=1S/C25H22ClN5O2S/c1-16-3-11-21(12-4-16)31-24(19-5-9-20(26)10-6-19)29-30-25(31)34-15-23(33)28-27-17(2)18-7-13-22(32)14-8-18/h3-14,32H,15H2,1-2H3,(H,28,33)/b27-17+. The van der Waals surface area contributed by atoms with Gasteiger partial charge in [-0.05, 0) is 80.1 Å². The summed E-state index contributed by atoms with van der Waals surface area (Å²) in [4.78, 5) is 12.5. The molecule has 0 radical (unpaired) electrons. The van der Waals surface area contributed by atoms with Crippen LogP contribution in [0.2, 0.25) is 5.02 Å². The van der Waals surface area contributed by atoms with E-state index in [1.54, 1.807) is 43.3 Å². The summed E-state index contributed by atoms with van der Waals surface area (Å²) in [6.45, 7) is 3.81. The van der Waals surface area contributed by atoms with E-state index in [-0.39, 0.29) is 17.4 Å². The molecule has 9 heteroatoms. The van der Waals surface area contributed by atoms with Crippen molar-refractivity contribution in [3.63, 3.8) is 0 Å². The number of thioether (sulfide) groups is 1.